The first-order valence-corrected chi connectivity index (χ1v) is 5.68. The van der Waals surface area contributed by atoms with Gasteiger partial charge >= 0.3 is 0 Å². The minimum atomic E-state index is -0.531. The molecule has 0 aromatic heterocycles. The number of halogens is 1. The zero-order chi connectivity index (χ0) is 13.8. The van der Waals surface area contributed by atoms with Gasteiger partial charge in [0.05, 0.1) is 30.9 Å². The van der Waals surface area contributed by atoms with Crippen molar-refractivity contribution in [2.24, 2.45) is 0 Å². The average molecular weight is 257 g/mol. The Kier molecular flexibility index (Phi) is 3.79. The van der Waals surface area contributed by atoms with Crippen molar-refractivity contribution in [2.75, 3.05) is 7.11 Å². The molecule has 4 heteroatoms. The highest BCUT2D eigenvalue weighted by atomic mass is 19.1. The molecule has 1 N–H and O–H groups in total. The molecule has 96 valence electrons. The monoisotopic (exact) mass is 257 g/mol. The molecule has 0 saturated carbocycles. The lowest BCUT2D eigenvalue weighted by Gasteiger charge is -2.12. The van der Waals surface area contributed by atoms with Crippen LogP contribution >= 0.6 is 0 Å². The molecule has 0 amide bonds. The van der Waals surface area contributed by atoms with Gasteiger partial charge in [0.25, 0.3) is 0 Å². The molecule has 0 heterocycles. The van der Waals surface area contributed by atoms with Gasteiger partial charge in [-0.1, -0.05) is 18.2 Å². The number of nitrogens with zero attached hydrogens (tertiary/aromatic N) is 1. The second-order valence-electron chi connectivity index (χ2n) is 3.97. The van der Waals surface area contributed by atoms with Gasteiger partial charge in [0.2, 0.25) is 0 Å². The molecule has 0 aliphatic rings. The van der Waals surface area contributed by atoms with Crippen LogP contribution in [0.15, 0.2) is 36.4 Å². The van der Waals surface area contributed by atoms with Gasteiger partial charge < -0.3 is 9.84 Å². The summed E-state index contributed by atoms with van der Waals surface area (Å²) in [5, 5.41) is 18.0. The van der Waals surface area contributed by atoms with Crippen molar-refractivity contribution in [3.8, 4) is 22.9 Å². The van der Waals surface area contributed by atoms with E-state index in [2.05, 4.69) is 0 Å². The summed E-state index contributed by atoms with van der Waals surface area (Å²) in [6.45, 7) is -0.388. The van der Waals surface area contributed by atoms with E-state index in [0.717, 1.165) is 0 Å². The van der Waals surface area contributed by atoms with E-state index in [1.807, 2.05) is 6.07 Å². The fourth-order valence-electron chi connectivity index (χ4n) is 1.91. The second kappa shape index (κ2) is 5.51. The highest BCUT2D eigenvalue weighted by Crippen LogP contribution is 2.34. The van der Waals surface area contributed by atoms with Crippen molar-refractivity contribution in [3.63, 3.8) is 0 Å². The first kappa shape index (κ1) is 13.1. The van der Waals surface area contributed by atoms with Crippen LogP contribution in [0.1, 0.15) is 11.1 Å². The van der Waals surface area contributed by atoms with Crippen LogP contribution in [0.2, 0.25) is 0 Å². The zero-order valence-corrected chi connectivity index (χ0v) is 10.4. The Morgan fingerprint density at radius 1 is 1.32 bits per heavy atom. The normalized spacial score (nSPS) is 10.0. The van der Waals surface area contributed by atoms with Gasteiger partial charge in [0, 0.05) is 5.56 Å². The highest BCUT2D eigenvalue weighted by Gasteiger charge is 2.15. The number of aliphatic hydroxyl groups is 1. The summed E-state index contributed by atoms with van der Waals surface area (Å²) in [4.78, 5) is 0. The van der Waals surface area contributed by atoms with Crippen molar-refractivity contribution >= 4 is 0 Å². The van der Waals surface area contributed by atoms with E-state index >= 15 is 0 Å². The van der Waals surface area contributed by atoms with Gasteiger partial charge in [-0.05, 0) is 23.8 Å². The lowest BCUT2D eigenvalue weighted by molar-refractivity contribution is 0.275. The smallest absolute Gasteiger partial charge is 0.140 e. The number of rotatable bonds is 3. The Balaban J connectivity index is 2.69. The van der Waals surface area contributed by atoms with Crippen molar-refractivity contribution in [3.05, 3.63) is 53.3 Å². The number of methoxy groups -OCH3 is 1. The third kappa shape index (κ3) is 2.42. The predicted molar refractivity (Wildman–Crippen MR) is 69.0 cm³/mol. The second-order valence-corrected chi connectivity index (χ2v) is 3.97. The number of ether oxygens (including phenoxy) is 1. The molecule has 0 atom stereocenters. The summed E-state index contributed by atoms with van der Waals surface area (Å²) < 4.78 is 19.5. The summed E-state index contributed by atoms with van der Waals surface area (Å²) in [5.41, 5.74) is 1.43. The minimum Gasteiger partial charge on any atom is -0.496 e. The molecule has 2 rings (SSSR count). The van der Waals surface area contributed by atoms with Crippen molar-refractivity contribution in [1.29, 1.82) is 5.26 Å². The van der Waals surface area contributed by atoms with Crippen LogP contribution in [-0.2, 0) is 6.61 Å². The van der Waals surface area contributed by atoms with Gasteiger partial charge in [0.15, 0.2) is 0 Å². The molecule has 19 heavy (non-hydrogen) atoms. The minimum absolute atomic E-state index is 0.193. The van der Waals surface area contributed by atoms with Gasteiger partial charge in [0.1, 0.15) is 11.6 Å². The Bertz CT molecular complexity index is 647. The summed E-state index contributed by atoms with van der Waals surface area (Å²) in [7, 11) is 1.45. The van der Waals surface area contributed by atoms with Crippen LogP contribution in [0.3, 0.4) is 0 Å². The van der Waals surface area contributed by atoms with Crippen molar-refractivity contribution < 1.29 is 14.2 Å². The molecule has 3 nitrogen and oxygen atoms in total. The van der Waals surface area contributed by atoms with Crippen LogP contribution in [0.5, 0.6) is 5.75 Å². The molecule has 0 radical (unpaired) electrons. The van der Waals surface area contributed by atoms with E-state index in [1.165, 1.54) is 13.2 Å². The number of nitriles is 1. The quantitative estimate of drug-likeness (QED) is 0.919. The van der Waals surface area contributed by atoms with E-state index in [0.29, 0.717) is 16.9 Å². The first-order chi connectivity index (χ1) is 9.21. The summed E-state index contributed by atoms with van der Waals surface area (Å²) >= 11 is 0. The number of hydrogen-bond acceptors (Lipinski definition) is 3. The number of aliphatic hydroxyl groups excluding tert-OH is 1. The van der Waals surface area contributed by atoms with Gasteiger partial charge in [-0.25, -0.2) is 4.39 Å². The lowest BCUT2D eigenvalue weighted by Crippen LogP contribution is -1.97. The topological polar surface area (TPSA) is 53.2 Å². The van der Waals surface area contributed by atoms with E-state index in [-0.39, 0.29) is 17.7 Å². The maximum absolute atomic E-state index is 14.3. The molecule has 0 fully saturated rings. The molecule has 0 spiro atoms. The third-order valence-corrected chi connectivity index (χ3v) is 2.85. The highest BCUT2D eigenvalue weighted by molar-refractivity contribution is 5.73. The zero-order valence-electron chi connectivity index (χ0n) is 10.4. The van der Waals surface area contributed by atoms with Gasteiger partial charge in [-0.2, -0.15) is 5.26 Å². The van der Waals surface area contributed by atoms with E-state index in [4.69, 9.17) is 15.1 Å². The maximum Gasteiger partial charge on any atom is 0.140 e. The standard InChI is InChI=1S/C15H12FNO2/c1-19-13-6-5-12(9-18)15(16)14(13)11-4-2-3-10(7-11)8-17/h2-7,18H,9H2,1H3. The van der Waals surface area contributed by atoms with E-state index in [9.17, 15) is 4.39 Å². The molecule has 0 bridgehead atoms. The Hall–Kier alpha value is -2.38. The molecule has 0 saturated heterocycles. The summed E-state index contributed by atoms with van der Waals surface area (Å²) in [6, 6.07) is 11.7. The molecule has 2 aromatic rings. The summed E-state index contributed by atoms with van der Waals surface area (Å²) in [6.07, 6.45) is 0. The molecule has 0 aliphatic carbocycles. The van der Waals surface area contributed by atoms with Crippen molar-refractivity contribution in [2.45, 2.75) is 6.61 Å². The Morgan fingerprint density at radius 2 is 2.11 bits per heavy atom. The van der Waals surface area contributed by atoms with Crippen LogP contribution in [0.25, 0.3) is 11.1 Å². The number of benzene rings is 2. The fraction of sp³-hybridized carbons (Fsp3) is 0.133. The maximum atomic E-state index is 14.3. The average Bonchev–Trinajstić information content (AvgIpc) is 2.46. The lowest BCUT2D eigenvalue weighted by atomic mass is 9.99. The Morgan fingerprint density at radius 3 is 2.74 bits per heavy atom. The van der Waals surface area contributed by atoms with Crippen molar-refractivity contribution in [1.82, 2.24) is 0 Å². The summed E-state index contributed by atoms with van der Waals surface area (Å²) in [5.74, 6) is -0.165. The molecular formula is C15H12FNO2. The SMILES string of the molecule is COc1ccc(CO)c(F)c1-c1cccc(C#N)c1. The van der Waals surface area contributed by atoms with Gasteiger partial charge in [-0.3, -0.25) is 0 Å². The number of hydrogen-bond donors (Lipinski definition) is 1. The van der Waals surface area contributed by atoms with Crippen LogP contribution in [0, 0.1) is 17.1 Å². The van der Waals surface area contributed by atoms with E-state index in [1.54, 1.807) is 30.3 Å². The van der Waals surface area contributed by atoms with Crippen LogP contribution < -0.4 is 4.74 Å². The van der Waals surface area contributed by atoms with Crippen LogP contribution in [-0.4, -0.2) is 12.2 Å². The fourth-order valence-corrected chi connectivity index (χ4v) is 1.91. The molecule has 0 unspecified atom stereocenters. The largest absolute Gasteiger partial charge is 0.496 e. The van der Waals surface area contributed by atoms with E-state index < -0.39 is 5.82 Å². The molecule has 2 aromatic carbocycles. The van der Waals surface area contributed by atoms with Crippen LogP contribution in [0.4, 0.5) is 4.39 Å². The Labute approximate surface area is 110 Å². The third-order valence-electron chi connectivity index (χ3n) is 2.85. The first-order valence-electron chi connectivity index (χ1n) is 5.68. The molecular weight excluding hydrogens is 245 g/mol. The van der Waals surface area contributed by atoms with Gasteiger partial charge in [-0.15, -0.1) is 0 Å². The molecule has 0 aliphatic heterocycles. The predicted octanol–water partition coefficient (Wildman–Crippen LogP) is 2.87.